The van der Waals surface area contributed by atoms with Crippen molar-refractivity contribution in [3.05, 3.63) is 47.4 Å². The zero-order valence-corrected chi connectivity index (χ0v) is 18.4. The van der Waals surface area contributed by atoms with Crippen LogP contribution in [-0.4, -0.2) is 40.5 Å². The predicted octanol–water partition coefficient (Wildman–Crippen LogP) is 3.91. The number of nitrogen functional groups attached to an aromatic ring is 1. The highest BCUT2D eigenvalue weighted by molar-refractivity contribution is 7.19. The molecule has 1 aliphatic heterocycles. The van der Waals surface area contributed by atoms with Crippen LogP contribution in [0.1, 0.15) is 41.5 Å². The number of halogens is 2. The first-order valence-electron chi connectivity index (χ1n) is 10.1. The second-order valence-electron chi connectivity index (χ2n) is 7.46. The number of nitrogens with one attached hydrogen (secondary N) is 1. The van der Waals surface area contributed by atoms with Gasteiger partial charge in [0.1, 0.15) is 27.7 Å². The van der Waals surface area contributed by atoms with Gasteiger partial charge >= 0.3 is 0 Å². The van der Waals surface area contributed by atoms with Crippen molar-refractivity contribution >= 4 is 27.9 Å². The number of rotatable bonds is 5. The molecule has 8 nitrogen and oxygen atoms in total. The number of hydrogen-bond donors (Lipinski definition) is 2. The maximum Gasteiger partial charge on any atom is 0.277 e. The van der Waals surface area contributed by atoms with E-state index >= 15 is 0 Å². The van der Waals surface area contributed by atoms with Crippen molar-refractivity contribution in [2.24, 2.45) is 7.05 Å². The summed E-state index contributed by atoms with van der Waals surface area (Å²) in [5, 5.41) is 7.07. The number of carbonyl (C=O) groups is 1. The maximum atomic E-state index is 14.1. The lowest BCUT2D eigenvalue weighted by molar-refractivity contribution is -0.0165. The van der Waals surface area contributed by atoms with Crippen LogP contribution in [0.25, 0.3) is 10.6 Å². The Bertz CT molecular complexity index is 1110. The Labute approximate surface area is 187 Å². The van der Waals surface area contributed by atoms with E-state index in [1.54, 1.807) is 18.8 Å². The van der Waals surface area contributed by atoms with Crippen molar-refractivity contribution in [1.29, 1.82) is 0 Å². The molecule has 1 amide bonds. The standard InChI is InChI=1S/C21H23F2N5O3S/c1-28-18(15-8-3-5-11(30-2)10-31-15)14(9-25-28)26-20(29)17-19(24)32-21(27-17)16-12(22)6-4-7-13(16)23/h4,6-7,9,11,15H,3,5,8,10,24H2,1-2H3,(H,26,29). The lowest BCUT2D eigenvalue weighted by Gasteiger charge is -2.18. The summed E-state index contributed by atoms with van der Waals surface area (Å²) in [7, 11) is 3.42. The molecule has 32 heavy (non-hydrogen) atoms. The van der Waals surface area contributed by atoms with Crippen LogP contribution in [0.3, 0.4) is 0 Å². The molecule has 4 rings (SSSR count). The fourth-order valence-corrected chi connectivity index (χ4v) is 4.61. The Hall–Kier alpha value is -2.89. The molecule has 1 aromatic carbocycles. The second-order valence-corrected chi connectivity index (χ2v) is 8.49. The number of methoxy groups -OCH3 is 1. The number of anilines is 2. The number of amides is 1. The minimum Gasteiger partial charge on any atom is -0.389 e. The molecule has 2 unspecified atom stereocenters. The van der Waals surface area contributed by atoms with Crippen LogP contribution in [0.4, 0.5) is 19.5 Å². The highest BCUT2D eigenvalue weighted by Gasteiger charge is 2.27. The fourth-order valence-electron chi connectivity index (χ4n) is 3.73. The average molecular weight is 464 g/mol. The molecule has 11 heteroatoms. The van der Waals surface area contributed by atoms with Gasteiger partial charge in [-0.1, -0.05) is 17.4 Å². The van der Waals surface area contributed by atoms with Gasteiger partial charge in [-0.3, -0.25) is 9.48 Å². The predicted molar refractivity (Wildman–Crippen MR) is 116 cm³/mol. The first-order chi connectivity index (χ1) is 15.4. The molecule has 3 N–H and O–H groups in total. The van der Waals surface area contributed by atoms with Crippen LogP contribution < -0.4 is 11.1 Å². The molecule has 1 aliphatic rings. The van der Waals surface area contributed by atoms with Crippen molar-refractivity contribution in [2.45, 2.75) is 31.5 Å². The highest BCUT2D eigenvalue weighted by Crippen LogP contribution is 2.35. The fraction of sp³-hybridized carbons (Fsp3) is 0.381. The number of nitrogens with two attached hydrogens (primary N) is 1. The third-order valence-corrected chi connectivity index (χ3v) is 6.29. The molecular formula is C21H23F2N5O3S. The van der Waals surface area contributed by atoms with E-state index in [4.69, 9.17) is 15.2 Å². The topological polar surface area (TPSA) is 104 Å². The van der Waals surface area contributed by atoms with Gasteiger partial charge in [-0.25, -0.2) is 13.8 Å². The number of hydrogen-bond acceptors (Lipinski definition) is 7. The SMILES string of the molecule is COC1CCCC(c2c(NC(=O)c3nc(-c4c(F)cccc4F)sc3N)cnn2C)OC1. The molecule has 0 radical (unpaired) electrons. The number of thiazole rings is 1. The van der Waals surface area contributed by atoms with Crippen LogP contribution in [-0.2, 0) is 16.5 Å². The van der Waals surface area contributed by atoms with Crippen LogP contribution in [0.15, 0.2) is 24.4 Å². The van der Waals surface area contributed by atoms with Gasteiger partial charge in [-0.15, -0.1) is 0 Å². The molecule has 170 valence electrons. The van der Waals surface area contributed by atoms with Crippen LogP contribution >= 0.6 is 11.3 Å². The van der Waals surface area contributed by atoms with Gasteiger partial charge < -0.3 is 20.5 Å². The van der Waals surface area contributed by atoms with Crippen molar-refractivity contribution in [1.82, 2.24) is 14.8 Å². The highest BCUT2D eigenvalue weighted by atomic mass is 32.1. The van der Waals surface area contributed by atoms with Gasteiger partial charge in [0.15, 0.2) is 5.69 Å². The zero-order chi connectivity index (χ0) is 22.8. The van der Waals surface area contributed by atoms with Gasteiger partial charge in [0, 0.05) is 14.2 Å². The van der Waals surface area contributed by atoms with E-state index in [0.29, 0.717) is 18.0 Å². The van der Waals surface area contributed by atoms with Gasteiger partial charge in [0.25, 0.3) is 5.91 Å². The first kappa shape index (κ1) is 22.3. The first-order valence-corrected chi connectivity index (χ1v) is 10.9. The quantitative estimate of drug-likeness (QED) is 0.595. The summed E-state index contributed by atoms with van der Waals surface area (Å²) in [6.07, 6.45) is 3.81. The number of nitrogens with zero attached hydrogens (tertiary/aromatic N) is 3. The monoisotopic (exact) mass is 463 g/mol. The molecule has 0 spiro atoms. The number of benzene rings is 1. The van der Waals surface area contributed by atoms with E-state index in [1.807, 2.05) is 0 Å². The zero-order valence-electron chi connectivity index (χ0n) is 17.6. The Morgan fingerprint density at radius 2 is 2.09 bits per heavy atom. The van der Waals surface area contributed by atoms with Crippen molar-refractivity contribution < 1.29 is 23.0 Å². The molecule has 0 bridgehead atoms. The largest absolute Gasteiger partial charge is 0.389 e. The van der Waals surface area contributed by atoms with Crippen LogP contribution in [0.5, 0.6) is 0 Å². The van der Waals surface area contributed by atoms with Gasteiger partial charge in [0.05, 0.1) is 35.9 Å². The molecule has 3 aromatic rings. The molecule has 0 aliphatic carbocycles. The summed E-state index contributed by atoms with van der Waals surface area (Å²) in [6.45, 7) is 0.441. The van der Waals surface area contributed by atoms with E-state index in [-0.39, 0.29) is 33.5 Å². The second kappa shape index (κ2) is 9.31. The summed E-state index contributed by atoms with van der Waals surface area (Å²) in [5.41, 5.74) is 6.71. The van der Waals surface area contributed by atoms with Crippen molar-refractivity contribution in [2.75, 3.05) is 24.8 Å². The lowest BCUT2D eigenvalue weighted by atomic mass is 10.1. The van der Waals surface area contributed by atoms with Crippen molar-refractivity contribution in [3.8, 4) is 10.6 Å². The Morgan fingerprint density at radius 1 is 1.34 bits per heavy atom. The molecule has 3 heterocycles. The smallest absolute Gasteiger partial charge is 0.277 e. The summed E-state index contributed by atoms with van der Waals surface area (Å²) >= 11 is 0.844. The van der Waals surface area contributed by atoms with Crippen LogP contribution in [0, 0.1) is 11.6 Å². The number of aromatic nitrogens is 3. The molecule has 1 fully saturated rings. The summed E-state index contributed by atoms with van der Waals surface area (Å²) < 4.78 is 41.3. The molecule has 2 aromatic heterocycles. The number of aryl methyl sites for hydroxylation is 1. The van der Waals surface area contributed by atoms with Gasteiger partial charge in [0.2, 0.25) is 0 Å². The summed E-state index contributed by atoms with van der Waals surface area (Å²) in [4.78, 5) is 17.0. The third-order valence-electron chi connectivity index (χ3n) is 5.39. The molecule has 1 saturated heterocycles. The van der Waals surface area contributed by atoms with E-state index < -0.39 is 17.5 Å². The minimum atomic E-state index is -0.778. The maximum absolute atomic E-state index is 14.1. The third kappa shape index (κ3) is 4.36. The summed E-state index contributed by atoms with van der Waals surface area (Å²) in [5.74, 6) is -2.15. The van der Waals surface area contributed by atoms with Crippen LogP contribution in [0.2, 0.25) is 0 Å². The Kier molecular flexibility index (Phi) is 6.49. The number of carbonyl (C=O) groups excluding carboxylic acids is 1. The number of ether oxygens (including phenoxy) is 2. The van der Waals surface area contributed by atoms with E-state index in [9.17, 15) is 13.6 Å². The van der Waals surface area contributed by atoms with Crippen molar-refractivity contribution in [3.63, 3.8) is 0 Å². The minimum absolute atomic E-state index is 0.00707. The van der Waals surface area contributed by atoms with Gasteiger partial charge in [-0.2, -0.15) is 5.10 Å². The van der Waals surface area contributed by atoms with E-state index in [0.717, 1.165) is 42.7 Å². The molecule has 2 atom stereocenters. The summed E-state index contributed by atoms with van der Waals surface area (Å²) in [6, 6.07) is 3.50. The Morgan fingerprint density at radius 3 is 2.81 bits per heavy atom. The average Bonchev–Trinajstić information content (AvgIpc) is 3.21. The normalized spacial score (nSPS) is 19.0. The lowest BCUT2D eigenvalue weighted by Crippen LogP contribution is -2.19. The van der Waals surface area contributed by atoms with Gasteiger partial charge in [-0.05, 0) is 31.4 Å². The molecular weight excluding hydrogens is 440 g/mol. The molecule has 0 saturated carbocycles. The Balaban J connectivity index is 1.58. The van der Waals surface area contributed by atoms with E-state index in [1.165, 1.54) is 12.3 Å². The van der Waals surface area contributed by atoms with E-state index in [2.05, 4.69) is 15.4 Å².